The van der Waals surface area contributed by atoms with Crippen LogP contribution in [0.5, 0.6) is 0 Å². The number of hydrogen-bond acceptors (Lipinski definition) is 3. The fraction of sp³-hybridized carbons (Fsp3) is 1.00. The quantitative estimate of drug-likeness (QED) is 0.523. The van der Waals surface area contributed by atoms with Crippen LogP contribution >= 0.6 is 0 Å². The molecule has 126 valence electrons. The third-order valence-corrected chi connectivity index (χ3v) is 4.80. The molecule has 2 unspecified atom stereocenters. The van der Waals surface area contributed by atoms with Gasteiger partial charge in [0.1, 0.15) is 0 Å². The fourth-order valence-corrected chi connectivity index (χ4v) is 3.37. The molecule has 0 aromatic heterocycles. The van der Waals surface area contributed by atoms with E-state index < -0.39 is 0 Å². The molecule has 0 aromatic carbocycles. The average Bonchev–Trinajstić information content (AvgIpc) is 3.01. The summed E-state index contributed by atoms with van der Waals surface area (Å²) in [6.07, 6.45) is 13.8. The van der Waals surface area contributed by atoms with E-state index in [0.717, 1.165) is 26.2 Å². The van der Waals surface area contributed by atoms with E-state index in [2.05, 4.69) is 18.7 Å². The molecule has 0 radical (unpaired) electrons. The molecule has 1 aliphatic rings. The monoisotopic (exact) mass is 298 g/mol. The van der Waals surface area contributed by atoms with Gasteiger partial charge in [-0.3, -0.25) is 4.90 Å². The Morgan fingerprint density at radius 1 is 1.10 bits per heavy atom. The van der Waals surface area contributed by atoms with Crippen molar-refractivity contribution in [2.24, 2.45) is 5.73 Å². The van der Waals surface area contributed by atoms with E-state index in [-0.39, 0.29) is 0 Å². The molecule has 0 aromatic rings. The van der Waals surface area contributed by atoms with Crippen molar-refractivity contribution in [1.29, 1.82) is 0 Å². The van der Waals surface area contributed by atoms with Gasteiger partial charge < -0.3 is 10.5 Å². The lowest BCUT2D eigenvalue weighted by atomic mass is 10.0. The van der Waals surface area contributed by atoms with Gasteiger partial charge >= 0.3 is 0 Å². The normalized spacial score (nSPS) is 20.3. The highest BCUT2D eigenvalue weighted by molar-refractivity contribution is 4.77. The van der Waals surface area contributed by atoms with Crippen molar-refractivity contribution in [1.82, 2.24) is 4.90 Å². The second-order valence-electron chi connectivity index (χ2n) is 6.52. The van der Waals surface area contributed by atoms with E-state index in [9.17, 15) is 0 Å². The molecular weight excluding hydrogens is 260 g/mol. The maximum atomic E-state index is 6.02. The maximum Gasteiger partial charge on any atom is 0.0702 e. The second kappa shape index (κ2) is 12.4. The third kappa shape index (κ3) is 8.18. The van der Waals surface area contributed by atoms with Crippen molar-refractivity contribution in [2.45, 2.75) is 90.2 Å². The van der Waals surface area contributed by atoms with E-state index in [1.807, 2.05) is 0 Å². The summed E-state index contributed by atoms with van der Waals surface area (Å²) in [6, 6.07) is 0.551. The first kappa shape index (κ1) is 18.9. The molecule has 1 aliphatic heterocycles. The van der Waals surface area contributed by atoms with Crippen molar-refractivity contribution in [3.63, 3.8) is 0 Å². The van der Waals surface area contributed by atoms with Gasteiger partial charge in [0.2, 0.25) is 0 Å². The Morgan fingerprint density at radius 2 is 1.81 bits per heavy atom. The van der Waals surface area contributed by atoms with Gasteiger partial charge in [0.15, 0.2) is 0 Å². The van der Waals surface area contributed by atoms with Gasteiger partial charge in [-0.05, 0) is 25.8 Å². The van der Waals surface area contributed by atoms with Gasteiger partial charge in [0, 0.05) is 25.7 Å². The van der Waals surface area contributed by atoms with Crippen LogP contribution < -0.4 is 5.73 Å². The lowest BCUT2D eigenvalue weighted by Gasteiger charge is -2.31. The summed E-state index contributed by atoms with van der Waals surface area (Å²) >= 11 is 0. The molecule has 3 nitrogen and oxygen atoms in total. The number of nitrogens with two attached hydrogens (primary N) is 1. The van der Waals surface area contributed by atoms with Crippen molar-refractivity contribution >= 4 is 0 Å². The highest BCUT2D eigenvalue weighted by Crippen LogP contribution is 2.17. The standard InChI is InChI=1S/C18H38N2O/c1-3-5-6-7-8-9-10-12-17(15-19)20(4-2)16-18-13-11-14-21-18/h17-18H,3-16,19H2,1-2H3. The maximum absolute atomic E-state index is 6.02. The highest BCUT2D eigenvalue weighted by atomic mass is 16.5. The number of likely N-dealkylation sites (N-methyl/N-ethyl adjacent to an activating group) is 1. The van der Waals surface area contributed by atoms with Crippen LogP contribution in [-0.2, 0) is 4.74 Å². The molecule has 21 heavy (non-hydrogen) atoms. The number of hydrogen-bond donors (Lipinski definition) is 1. The highest BCUT2D eigenvalue weighted by Gasteiger charge is 2.22. The van der Waals surface area contributed by atoms with Crippen LogP contribution in [0.3, 0.4) is 0 Å². The van der Waals surface area contributed by atoms with Gasteiger partial charge in [-0.15, -0.1) is 0 Å². The number of ether oxygens (including phenoxy) is 1. The SMILES string of the molecule is CCCCCCCCCC(CN)N(CC)CC1CCCO1. The Hall–Kier alpha value is -0.120. The Kier molecular flexibility index (Phi) is 11.2. The van der Waals surface area contributed by atoms with Gasteiger partial charge in [-0.1, -0.05) is 58.8 Å². The molecule has 1 fully saturated rings. The minimum Gasteiger partial charge on any atom is -0.377 e. The van der Waals surface area contributed by atoms with Gasteiger partial charge in [-0.25, -0.2) is 0 Å². The van der Waals surface area contributed by atoms with Crippen LogP contribution in [0.15, 0.2) is 0 Å². The number of nitrogens with zero attached hydrogens (tertiary/aromatic N) is 1. The first-order chi connectivity index (χ1) is 10.3. The average molecular weight is 299 g/mol. The van der Waals surface area contributed by atoms with Crippen LogP contribution in [0.1, 0.15) is 78.1 Å². The van der Waals surface area contributed by atoms with E-state index in [4.69, 9.17) is 10.5 Å². The topological polar surface area (TPSA) is 38.5 Å². The molecule has 0 aliphatic carbocycles. The molecule has 1 heterocycles. The zero-order valence-corrected chi connectivity index (χ0v) is 14.5. The van der Waals surface area contributed by atoms with Crippen LogP contribution in [0.4, 0.5) is 0 Å². The second-order valence-corrected chi connectivity index (χ2v) is 6.52. The molecular formula is C18H38N2O. The summed E-state index contributed by atoms with van der Waals surface area (Å²) in [7, 11) is 0. The molecule has 2 N–H and O–H groups in total. The summed E-state index contributed by atoms with van der Waals surface area (Å²) < 4.78 is 5.78. The van der Waals surface area contributed by atoms with Crippen molar-refractivity contribution in [2.75, 3.05) is 26.2 Å². The Balaban J connectivity index is 2.15. The van der Waals surface area contributed by atoms with Gasteiger partial charge in [-0.2, -0.15) is 0 Å². The molecule has 3 heteroatoms. The van der Waals surface area contributed by atoms with E-state index in [1.165, 1.54) is 64.2 Å². The Labute approximate surface area is 132 Å². The molecule has 0 amide bonds. The zero-order chi connectivity index (χ0) is 15.3. The number of unbranched alkanes of at least 4 members (excludes halogenated alkanes) is 6. The van der Waals surface area contributed by atoms with Crippen LogP contribution in [0, 0.1) is 0 Å². The van der Waals surface area contributed by atoms with Crippen molar-refractivity contribution in [3.8, 4) is 0 Å². The largest absolute Gasteiger partial charge is 0.377 e. The van der Waals surface area contributed by atoms with Crippen LogP contribution in [0.25, 0.3) is 0 Å². The Morgan fingerprint density at radius 3 is 2.38 bits per heavy atom. The molecule has 1 rings (SSSR count). The van der Waals surface area contributed by atoms with Gasteiger partial charge in [0.25, 0.3) is 0 Å². The predicted molar refractivity (Wildman–Crippen MR) is 91.7 cm³/mol. The van der Waals surface area contributed by atoms with E-state index in [1.54, 1.807) is 0 Å². The Bertz CT molecular complexity index is 229. The third-order valence-electron chi connectivity index (χ3n) is 4.80. The predicted octanol–water partition coefficient (Wildman–Crippen LogP) is 3.96. The van der Waals surface area contributed by atoms with Crippen LogP contribution in [-0.4, -0.2) is 43.3 Å². The molecule has 0 saturated carbocycles. The summed E-state index contributed by atoms with van der Waals surface area (Å²) in [5.74, 6) is 0. The minimum absolute atomic E-state index is 0.452. The molecule has 0 bridgehead atoms. The lowest BCUT2D eigenvalue weighted by molar-refractivity contribution is 0.0582. The zero-order valence-electron chi connectivity index (χ0n) is 14.5. The first-order valence-corrected chi connectivity index (χ1v) is 9.37. The molecule has 2 atom stereocenters. The minimum atomic E-state index is 0.452. The summed E-state index contributed by atoms with van der Waals surface area (Å²) in [4.78, 5) is 2.55. The van der Waals surface area contributed by atoms with Crippen LogP contribution in [0.2, 0.25) is 0 Å². The fourth-order valence-electron chi connectivity index (χ4n) is 3.37. The summed E-state index contributed by atoms with van der Waals surface area (Å²) in [5.41, 5.74) is 6.02. The van der Waals surface area contributed by atoms with Crippen molar-refractivity contribution in [3.05, 3.63) is 0 Å². The molecule has 1 saturated heterocycles. The van der Waals surface area contributed by atoms with Gasteiger partial charge in [0.05, 0.1) is 6.10 Å². The number of rotatable bonds is 13. The lowest BCUT2D eigenvalue weighted by Crippen LogP contribution is -2.44. The smallest absolute Gasteiger partial charge is 0.0702 e. The van der Waals surface area contributed by atoms with E-state index >= 15 is 0 Å². The molecule has 0 spiro atoms. The summed E-state index contributed by atoms with van der Waals surface area (Å²) in [5, 5.41) is 0. The first-order valence-electron chi connectivity index (χ1n) is 9.37. The van der Waals surface area contributed by atoms with E-state index in [0.29, 0.717) is 12.1 Å². The summed E-state index contributed by atoms with van der Waals surface area (Å²) in [6.45, 7) is 8.44. The van der Waals surface area contributed by atoms with Crippen molar-refractivity contribution < 1.29 is 4.74 Å².